The van der Waals surface area contributed by atoms with E-state index in [-0.39, 0.29) is 6.29 Å². The van der Waals surface area contributed by atoms with Crippen LogP contribution in [0, 0.1) is 11.8 Å². The summed E-state index contributed by atoms with van der Waals surface area (Å²) in [5, 5.41) is 18.0. The summed E-state index contributed by atoms with van der Waals surface area (Å²) in [5.41, 5.74) is -0.403. The van der Waals surface area contributed by atoms with Crippen molar-refractivity contribution in [1.29, 1.82) is 0 Å². The van der Waals surface area contributed by atoms with Gasteiger partial charge in [0.2, 0.25) is 0 Å². The largest absolute Gasteiger partial charge is 0.478 e. The lowest BCUT2D eigenvalue weighted by molar-refractivity contribution is -0.180. The van der Waals surface area contributed by atoms with Crippen LogP contribution in [0.25, 0.3) is 0 Å². The maximum atomic E-state index is 10.4. The highest BCUT2D eigenvalue weighted by atomic mass is 16.7. The summed E-state index contributed by atoms with van der Waals surface area (Å²) in [4.78, 5) is 9.25. The molecule has 2 N–H and O–H groups in total. The number of rotatable bonds is 4. The minimum Gasteiger partial charge on any atom is -0.478 e. The van der Waals surface area contributed by atoms with Gasteiger partial charge in [-0.3, -0.25) is 0 Å². The van der Waals surface area contributed by atoms with Crippen molar-refractivity contribution in [3.8, 4) is 0 Å². The summed E-state index contributed by atoms with van der Waals surface area (Å²) in [6.45, 7) is 4.49. The van der Waals surface area contributed by atoms with Crippen LogP contribution in [-0.2, 0) is 14.3 Å². The summed E-state index contributed by atoms with van der Waals surface area (Å²) >= 11 is 0. The number of aliphatic carboxylic acids is 1. The van der Waals surface area contributed by atoms with Gasteiger partial charge in [-0.05, 0) is 50.9 Å². The van der Waals surface area contributed by atoms with Crippen molar-refractivity contribution in [2.24, 2.45) is 11.8 Å². The zero-order valence-corrected chi connectivity index (χ0v) is 12.5. The average molecular weight is 298 g/mol. The molecule has 0 amide bonds. The summed E-state index contributed by atoms with van der Waals surface area (Å²) in [5.74, 6) is 0.132. The van der Waals surface area contributed by atoms with Gasteiger partial charge in [-0.25, -0.2) is 4.79 Å². The van der Waals surface area contributed by atoms with Crippen LogP contribution in [0.5, 0.6) is 0 Å². The van der Waals surface area contributed by atoms with E-state index in [1.165, 1.54) is 12.8 Å². The van der Waals surface area contributed by atoms with E-state index in [1.807, 2.05) is 0 Å². The molecule has 1 aliphatic heterocycles. The maximum Gasteiger partial charge on any atom is 0.327 e. The van der Waals surface area contributed by atoms with E-state index in [0.717, 1.165) is 50.7 Å². The average Bonchev–Trinajstić information content (AvgIpc) is 3.02. The SMILES string of the molecule is C=CC(=O)O.OC12CCC(CC1COC1CCCCO1)C2. The Kier molecular flexibility index (Phi) is 5.79. The Balaban J connectivity index is 0.000000282. The molecule has 0 radical (unpaired) electrons. The van der Waals surface area contributed by atoms with Crippen molar-refractivity contribution < 1.29 is 24.5 Å². The van der Waals surface area contributed by atoms with E-state index in [1.54, 1.807) is 0 Å². The van der Waals surface area contributed by atoms with Crippen LogP contribution >= 0.6 is 0 Å². The molecule has 0 aromatic carbocycles. The maximum absolute atomic E-state index is 10.4. The molecule has 5 nitrogen and oxygen atoms in total. The Hall–Kier alpha value is -0.910. The lowest BCUT2D eigenvalue weighted by atomic mass is 9.86. The molecule has 2 bridgehead atoms. The first kappa shape index (κ1) is 16.5. The predicted octanol–water partition coefficient (Wildman–Crippen LogP) is 2.34. The molecular weight excluding hydrogens is 272 g/mol. The first-order valence-corrected chi connectivity index (χ1v) is 7.84. The molecule has 4 unspecified atom stereocenters. The molecular formula is C16H26O5. The van der Waals surface area contributed by atoms with E-state index in [2.05, 4.69) is 6.58 Å². The third-order valence-electron chi connectivity index (χ3n) is 4.80. The van der Waals surface area contributed by atoms with E-state index in [9.17, 15) is 9.90 Å². The summed E-state index contributed by atoms with van der Waals surface area (Å²) in [6.07, 6.45) is 8.59. The van der Waals surface area contributed by atoms with Crippen molar-refractivity contribution in [3.05, 3.63) is 12.7 Å². The number of carbonyl (C=O) groups is 1. The van der Waals surface area contributed by atoms with Gasteiger partial charge in [0, 0.05) is 18.6 Å². The van der Waals surface area contributed by atoms with Crippen molar-refractivity contribution in [2.45, 2.75) is 56.8 Å². The van der Waals surface area contributed by atoms with Crippen molar-refractivity contribution in [1.82, 2.24) is 0 Å². The summed E-state index contributed by atoms with van der Waals surface area (Å²) in [7, 11) is 0. The van der Waals surface area contributed by atoms with Gasteiger partial charge in [0.05, 0.1) is 12.2 Å². The van der Waals surface area contributed by atoms with Crippen molar-refractivity contribution in [2.75, 3.05) is 13.2 Å². The molecule has 0 spiro atoms. The number of aliphatic hydroxyl groups is 1. The topological polar surface area (TPSA) is 76.0 Å². The lowest BCUT2D eigenvalue weighted by Crippen LogP contribution is -2.37. The Labute approximate surface area is 125 Å². The lowest BCUT2D eigenvalue weighted by Gasteiger charge is -2.32. The van der Waals surface area contributed by atoms with Crippen LogP contribution in [0.4, 0.5) is 0 Å². The quantitative estimate of drug-likeness (QED) is 0.779. The Morgan fingerprint density at radius 1 is 1.43 bits per heavy atom. The second-order valence-electron chi connectivity index (χ2n) is 6.32. The van der Waals surface area contributed by atoms with Gasteiger partial charge in [-0.2, -0.15) is 0 Å². The summed E-state index contributed by atoms with van der Waals surface area (Å²) in [6, 6.07) is 0. The van der Waals surface area contributed by atoms with Gasteiger partial charge < -0.3 is 19.7 Å². The molecule has 0 aromatic rings. The fourth-order valence-corrected chi connectivity index (χ4v) is 3.64. The van der Waals surface area contributed by atoms with Gasteiger partial charge in [0.25, 0.3) is 0 Å². The van der Waals surface area contributed by atoms with Crippen LogP contribution in [0.1, 0.15) is 44.9 Å². The first-order chi connectivity index (χ1) is 10.0. The number of carboxylic acids is 1. The highest BCUT2D eigenvalue weighted by Gasteiger charge is 2.50. The van der Waals surface area contributed by atoms with E-state index in [4.69, 9.17) is 14.6 Å². The Morgan fingerprint density at radius 2 is 2.19 bits per heavy atom. The number of carboxylic acid groups (broad SMARTS) is 1. The predicted molar refractivity (Wildman–Crippen MR) is 77.8 cm³/mol. The highest BCUT2D eigenvalue weighted by molar-refractivity contribution is 5.78. The third-order valence-corrected chi connectivity index (χ3v) is 4.80. The molecule has 1 saturated heterocycles. The molecule has 3 rings (SSSR count). The number of fused-ring (bicyclic) bond motifs is 2. The van der Waals surface area contributed by atoms with Crippen LogP contribution in [0.3, 0.4) is 0 Å². The van der Waals surface area contributed by atoms with Crippen LogP contribution in [-0.4, -0.2) is 41.3 Å². The van der Waals surface area contributed by atoms with E-state index >= 15 is 0 Å². The molecule has 2 saturated carbocycles. The molecule has 120 valence electrons. The standard InChI is InChI=1S/C13H22O3.C3H4O2/c14-13-5-4-10(8-13)7-11(13)9-16-12-3-1-2-6-15-12;1-2-3(4)5/h10-12,14H,1-9H2;2H,1H2,(H,4,5). The minimum absolute atomic E-state index is 0.00326. The number of hydrogen-bond acceptors (Lipinski definition) is 4. The number of ether oxygens (including phenoxy) is 2. The van der Waals surface area contributed by atoms with Gasteiger partial charge in [0.15, 0.2) is 6.29 Å². The fraction of sp³-hybridized carbons (Fsp3) is 0.812. The first-order valence-electron chi connectivity index (χ1n) is 7.84. The van der Waals surface area contributed by atoms with Crippen LogP contribution in [0.2, 0.25) is 0 Å². The minimum atomic E-state index is -0.981. The van der Waals surface area contributed by atoms with Gasteiger partial charge in [0.1, 0.15) is 0 Å². The van der Waals surface area contributed by atoms with Gasteiger partial charge in [-0.15, -0.1) is 0 Å². The van der Waals surface area contributed by atoms with Crippen LogP contribution < -0.4 is 0 Å². The smallest absolute Gasteiger partial charge is 0.327 e. The molecule has 0 aromatic heterocycles. The Bertz CT molecular complexity index is 364. The highest BCUT2D eigenvalue weighted by Crippen LogP contribution is 2.51. The van der Waals surface area contributed by atoms with Crippen molar-refractivity contribution >= 4 is 5.97 Å². The third kappa shape index (κ3) is 4.53. The van der Waals surface area contributed by atoms with E-state index < -0.39 is 11.6 Å². The Morgan fingerprint density at radius 3 is 2.67 bits per heavy atom. The van der Waals surface area contributed by atoms with E-state index in [0.29, 0.717) is 12.5 Å². The summed E-state index contributed by atoms with van der Waals surface area (Å²) < 4.78 is 11.3. The number of hydrogen-bond donors (Lipinski definition) is 2. The van der Waals surface area contributed by atoms with Gasteiger partial charge >= 0.3 is 5.97 Å². The zero-order valence-electron chi connectivity index (χ0n) is 12.5. The molecule has 5 heteroatoms. The second-order valence-corrected chi connectivity index (χ2v) is 6.32. The zero-order chi connectivity index (χ0) is 15.3. The molecule has 3 aliphatic rings. The molecule has 2 aliphatic carbocycles. The van der Waals surface area contributed by atoms with Crippen LogP contribution in [0.15, 0.2) is 12.7 Å². The van der Waals surface area contributed by atoms with Gasteiger partial charge in [-0.1, -0.05) is 6.58 Å². The molecule has 21 heavy (non-hydrogen) atoms. The van der Waals surface area contributed by atoms with Crippen molar-refractivity contribution in [3.63, 3.8) is 0 Å². The molecule has 4 atom stereocenters. The normalized spacial score (nSPS) is 37.7. The molecule has 1 heterocycles. The second kappa shape index (κ2) is 7.38. The fourth-order valence-electron chi connectivity index (χ4n) is 3.64. The monoisotopic (exact) mass is 298 g/mol. The molecule has 3 fully saturated rings.